The van der Waals surface area contributed by atoms with Crippen molar-refractivity contribution in [2.75, 3.05) is 37.7 Å². The van der Waals surface area contributed by atoms with E-state index in [0.717, 1.165) is 13.1 Å². The highest BCUT2D eigenvalue weighted by Crippen LogP contribution is 2.02. The summed E-state index contributed by atoms with van der Waals surface area (Å²) in [6.45, 7) is 6.93. The molecule has 104 valence electrons. The summed E-state index contributed by atoms with van der Waals surface area (Å²) in [5, 5.41) is 9.67. The van der Waals surface area contributed by atoms with E-state index in [1.165, 1.54) is 0 Å². The molecule has 0 saturated heterocycles. The first-order valence-electron chi connectivity index (χ1n) is 5.95. The van der Waals surface area contributed by atoms with E-state index in [0.29, 0.717) is 24.6 Å². The van der Waals surface area contributed by atoms with Crippen molar-refractivity contribution in [1.82, 2.24) is 16.0 Å². The second-order valence-corrected chi connectivity index (χ2v) is 4.93. The van der Waals surface area contributed by atoms with E-state index >= 15 is 0 Å². The van der Waals surface area contributed by atoms with E-state index in [1.807, 2.05) is 13.8 Å². The Morgan fingerprint density at radius 3 is 1.82 bits per heavy atom. The van der Waals surface area contributed by atoms with E-state index in [4.69, 9.17) is 11.5 Å². The summed E-state index contributed by atoms with van der Waals surface area (Å²) in [6.07, 6.45) is 0. The van der Waals surface area contributed by atoms with E-state index in [2.05, 4.69) is 41.2 Å². The lowest BCUT2D eigenvalue weighted by Crippen LogP contribution is -2.69. The minimum absolute atomic E-state index is 0.536. The summed E-state index contributed by atoms with van der Waals surface area (Å²) < 4.78 is 0. The van der Waals surface area contributed by atoms with E-state index < -0.39 is 11.3 Å². The lowest BCUT2D eigenvalue weighted by atomic mass is 10.1. The van der Waals surface area contributed by atoms with E-state index in [-0.39, 0.29) is 0 Å². The summed E-state index contributed by atoms with van der Waals surface area (Å²) in [5.74, 6) is 1.08. The average molecular weight is 281 g/mol. The van der Waals surface area contributed by atoms with Gasteiger partial charge in [-0.05, 0) is 13.1 Å². The molecule has 5 nitrogen and oxygen atoms in total. The van der Waals surface area contributed by atoms with Gasteiger partial charge in [-0.15, -0.1) is 0 Å². The summed E-state index contributed by atoms with van der Waals surface area (Å²) in [6, 6.07) is 0. The Hall–Kier alpha value is 0.500. The Morgan fingerprint density at radius 2 is 1.41 bits per heavy atom. The summed E-state index contributed by atoms with van der Waals surface area (Å²) in [4.78, 5) is 0. The Kier molecular flexibility index (Phi) is 8.83. The number of likely N-dealkylation sites (N-methyl/N-ethyl adjacent to an activating group) is 2. The van der Waals surface area contributed by atoms with Gasteiger partial charge in [0.2, 0.25) is 0 Å². The van der Waals surface area contributed by atoms with Crippen LogP contribution in [-0.2, 0) is 0 Å². The lowest BCUT2D eigenvalue weighted by molar-refractivity contribution is 0.285. The Morgan fingerprint density at radius 1 is 0.882 bits per heavy atom. The Bertz CT molecular complexity index is 207. The third kappa shape index (κ3) is 6.85. The highest BCUT2D eigenvalue weighted by atomic mass is 32.1. The summed E-state index contributed by atoms with van der Waals surface area (Å²) in [5.41, 5.74) is 11.2. The molecule has 0 fully saturated rings. The maximum absolute atomic E-state index is 6.18. The van der Waals surface area contributed by atoms with Gasteiger partial charge in [0.25, 0.3) is 0 Å². The molecule has 0 heterocycles. The van der Waals surface area contributed by atoms with Crippen LogP contribution in [0.15, 0.2) is 0 Å². The van der Waals surface area contributed by atoms with Crippen molar-refractivity contribution in [2.45, 2.75) is 25.2 Å². The van der Waals surface area contributed by atoms with Crippen molar-refractivity contribution in [2.24, 2.45) is 11.5 Å². The van der Waals surface area contributed by atoms with Gasteiger partial charge in [0.1, 0.15) is 0 Å². The molecule has 0 amide bonds. The molecule has 0 aromatic carbocycles. The SMILES string of the molecule is CCNC[C@@](N)(CS)NC[C@](N)(CS)NCC. The van der Waals surface area contributed by atoms with Crippen LogP contribution in [-0.4, -0.2) is 49.0 Å². The highest BCUT2D eigenvalue weighted by molar-refractivity contribution is 7.80. The highest BCUT2D eigenvalue weighted by Gasteiger charge is 2.28. The molecule has 0 bridgehead atoms. The second-order valence-electron chi connectivity index (χ2n) is 4.29. The zero-order chi connectivity index (χ0) is 13.4. The van der Waals surface area contributed by atoms with Crippen LogP contribution in [0.25, 0.3) is 0 Å². The predicted octanol–water partition coefficient (Wildman–Crippen LogP) is -1.04. The monoisotopic (exact) mass is 281 g/mol. The van der Waals surface area contributed by atoms with Crippen LogP contribution < -0.4 is 27.4 Å². The molecule has 0 aromatic rings. The summed E-state index contributed by atoms with van der Waals surface area (Å²) >= 11 is 8.54. The molecule has 0 spiro atoms. The third-order valence-corrected chi connectivity index (χ3v) is 3.67. The molecule has 0 aliphatic carbocycles. The van der Waals surface area contributed by atoms with Crippen molar-refractivity contribution < 1.29 is 0 Å². The smallest absolute Gasteiger partial charge is 0.0881 e. The third-order valence-electron chi connectivity index (χ3n) is 2.54. The number of thiol groups is 2. The second kappa shape index (κ2) is 8.58. The number of nitrogens with one attached hydrogen (secondary N) is 3. The molecule has 0 radical (unpaired) electrons. The maximum Gasteiger partial charge on any atom is 0.0881 e. The molecule has 0 aliphatic rings. The zero-order valence-electron chi connectivity index (χ0n) is 10.8. The molecule has 7 N–H and O–H groups in total. The van der Waals surface area contributed by atoms with Crippen LogP contribution in [0.3, 0.4) is 0 Å². The van der Waals surface area contributed by atoms with Crippen molar-refractivity contribution in [3.63, 3.8) is 0 Å². The van der Waals surface area contributed by atoms with E-state index in [1.54, 1.807) is 0 Å². The van der Waals surface area contributed by atoms with Gasteiger partial charge in [0.15, 0.2) is 0 Å². The average Bonchev–Trinajstić information content (AvgIpc) is 2.34. The van der Waals surface area contributed by atoms with Gasteiger partial charge in [-0.25, -0.2) is 0 Å². The molecule has 0 aromatic heterocycles. The first-order valence-corrected chi connectivity index (χ1v) is 7.22. The quantitative estimate of drug-likeness (QED) is 0.205. The van der Waals surface area contributed by atoms with Crippen LogP contribution in [0.2, 0.25) is 0 Å². The molecule has 2 atom stereocenters. The molecule has 17 heavy (non-hydrogen) atoms. The number of rotatable bonds is 10. The molecular formula is C10H27N5S2. The first-order chi connectivity index (χ1) is 7.95. The fourth-order valence-corrected chi connectivity index (χ4v) is 1.83. The molecule has 0 rings (SSSR count). The zero-order valence-corrected chi connectivity index (χ0v) is 12.6. The van der Waals surface area contributed by atoms with Crippen LogP contribution in [0.1, 0.15) is 13.8 Å². The fraction of sp³-hybridized carbons (Fsp3) is 1.00. The van der Waals surface area contributed by atoms with Gasteiger partial charge in [0.05, 0.1) is 11.3 Å². The summed E-state index contributed by atoms with van der Waals surface area (Å²) in [7, 11) is 0. The number of nitrogens with two attached hydrogens (primary N) is 2. The lowest BCUT2D eigenvalue weighted by Gasteiger charge is -2.36. The first kappa shape index (κ1) is 17.5. The van der Waals surface area contributed by atoms with Gasteiger partial charge in [-0.1, -0.05) is 13.8 Å². The van der Waals surface area contributed by atoms with Crippen molar-refractivity contribution in [1.29, 1.82) is 0 Å². The normalized spacial score (nSPS) is 18.7. The largest absolute Gasteiger partial charge is 0.314 e. The number of hydrogen-bond donors (Lipinski definition) is 7. The van der Waals surface area contributed by atoms with E-state index in [9.17, 15) is 0 Å². The standard InChI is InChI=1S/C10H27N5S2/c1-3-13-5-9(11,7-16)15-6-10(12,8-17)14-4-2/h13-17H,3-8,11-12H2,1-2H3/t9-,10+/m0/s1. The molecule has 0 aliphatic heterocycles. The van der Waals surface area contributed by atoms with Crippen molar-refractivity contribution >= 4 is 25.3 Å². The van der Waals surface area contributed by atoms with Crippen LogP contribution in [0, 0.1) is 0 Å². The van der Waals surface area contributed by atoms with Crippen LogP contribution >= 0.6 is 25.3 Å². The van der Waals surface area contributed by atoms with Gasteiger partial charge in [-0.2, -0.15) is 25.3 Å². The Labute approximate surface area is 116 Å². The van der Waals surface area contributed by atoms with Gasteiger partial charge < -0.3 is 16.8 Å². The van der Waals surface area contributed by atoms with Crippen LogP contribution in [0.5, 0.6) is 0 Å². The van der Waals surface area contributed by atoms with Gasteiger partial charge in [0, 0.05) is 24.6 Å². The predicted molar refractivity (Wildman–Crippen MR) is 81.8 cm³/mol. The number of hydrogen-bond acceptors (Lipinski definition) is 7. The van der Waals surface area contributed by atoms with Crippen molar-refractivity contribution in [3.8, 4) is 0 Å². The maximum atomic E-state index is 6.18. The molecule has 0 unspecified atom stereocenters. The fourth-order valence-electron chi connectivity index (χ4n) is 1.38. The topological polar surface area (TPSA) is 88.1 Å². The van der Waals surface area contributed by atoms with Crippen molar-refractivity contribution in [3.05, 3.63) is 0 Å². The van der Waals surface area contributed by atoms with Crippen LogP contribution in [0.4, 0.5) is 0 Å². The van der Waals surface area contributed by atoms with Gasteiger partial charge >= 0.3 is 0 Å². The molecule has 0 saturated carbocycles. The molecular weight excluding hydrogens is 254 g/mol. The van der Waals surface area contributed by atoms with Gasteiger partial charge in [-0.3, -0.25) is 10.6 Å². The minimum Gasteiger partial charge on any atom is -0.314 e. The minimum atomic E-state index is -0.553. The molecule has 7 heteroatoms. The Balaban J connectivity index is 4.27.